The maximum Gasteiger partial charge on any atom is 0.244 e. The monoisotopic (exact) mass is 237 g/mol. The Morgan fingerprint density at radius 1 is 1.29 bits per heavy atom. The minimum absolute atomic E-state index is 0.0226. The van der Waals surface area contributed by atoms with E-state index in [1.807, 2.05) is 0 Å². The molecule has 17 heavy (non-hydrogen) atoms. The zero-order valence-corrected chi connectivity index (χ0v) is 11.4. The summed E-state index contributed by atoms with van der Waals surface area (Å²) in [5.41, 5.74) is -0.0226. The van der Waals surface area contributed by atoms with Crippen molar-refractivity contribution < 1.29 is 0 Å². The SMILES string of the molecule is CC(C)CCNc1nncc(NC(C)(C)C)n1. The fourth-order valence-corrected chi connectivity index (χ4v) is 1.30. The third-order valence-electron chi connectivity index (χ3n) is 2.07. The van der Waals surface area contributed by atoms with Crippen LogP contribution in [0.15, 0.2) is 6.20 Å². The molecule has 0 fully saturated rings. The summed E-state index contributed by atoms with van der Waals surface area (Å²) in [4.78, 5) is 4.36. The lowest BCUT2D eigenvalue weighted by Gasteiger charge is -2.20. The zero-order valence-electron chi connectivity index (χ0n) is 11.4. The molecule has 0 aliphatic rings. The van der Waals surface area contributed by atoms with Crippen molar-refractivity contribution in [2.45, 2.75) is 46.6 Å². The van der Waals surface area contributed by atoms with Crippen LogP contribution in [-0.2, 0) is 0 Å². The molecule has 0 unspecified atom stereocenters. The summed E-state index contributed by atoms with van der Waals surface area (Å²) in [5.74, 6) is 2.01. The van der Waals surface area contributed by atoms with E-state index in [4.69, 9.17) is 0 Å². The Labute approximate surface area is 103 Å². The average molecular weight is 237 g/mol. The third kappa shape index (κ3) is 6.04. The second-order valence-corrected chi connectivity index (χ2v) is 5.65. The molecule has 0 aliphatic carbocycles. The normalized spacial score (nSPS) is 11.6. The van der Waals surface area contributed by atoms with Crippen molar-refractivity contribution in [3.05, 3.63) is 6.20 Å². The van der Waals surface area contributed by atoms with Crippen LogP contribution >= 0.6 is 0 Å². The lowest BCUT2D eigenvalue weighted by Crippen LogP contribution is -2.27. The number of nitrogens with zero attached hydrogens (tertiary/aromatic N) is 3. The molecule has 96 valence electrons. The van der Waals surface area contributed by atoms with Gasteiger partial charge in [-0.25, -0.2) is 0 Å². The minimum Gasteiger partial charge on any atom is -0.364 e. The molecule has 0 spiro atoms. The van der Waals surface area contributed by atoms with E-state index in [1.165, 1.54) is 0 Å². The van der Waals surface area contributed by atoms with Gasteiger partial charge in [0.2, 0.25) is 5.95 Å². The Morgan fingerprint density at radius 2 is 2.00 bits per heavy atom. The average Bonchev–Trinajstić information content (AvgIpc) is 2.14. The number of nitrogens with one attached hydrogen (secondary N) is 2. The molecule has 0 aliphatic heterocycles. The van der Waals surface area contributed by atoms with Gasteiger partial charge in [0.15, 0.2) is 5.82 Å². The summed E-state index contributed by atoms with van der Waals surface area (Å²) in [6.45, 7) is 11.5. The number of aromatic nitrogens is 3. The lowest BCUT2D eigenvalue weighted by atomic mass is 10.1. The van der Waals surface area contributed by atoms with E-state index < -0.39 is 0 Å². The Morgan fingerprint density at radius 3 is 2.59 bits per heavy atom. The van der Waals surface area contributed by atoms with E-state index in [1.54, 1.807) is 6.20 Å². The Bertz CT molecular complexity index is 343. The summed E-state index contributed by atoms with van der Waals surface area (Å²) in [6, 6.07) is 0. The van der Waals surface area contributed by atoms with Crippen LogP contribution in [0.1, 0.15) is 41.0 Å². The van der Waals surface area contributed by atoms with E-state index in [-0.39, 0.29) is 5.54 Å². The van der Waals surface area contributed by atoms with E-state index in [9.17, 15) is 0 Å². The smallest absolute Gasteiger partial charge is 0.244 e. The van der Waals surface area contributed by atoms with Crippen LogP contribution in [0.5, 0.6) is 0 Å². The maximum absolute atomic E-state index is 4.36. The van der Waals surface area contributed by atoms with Crippen molar-refractivity contribution in [3.8, 4) is 0 Å². The molecule has 0 bridgehead atoms. The van der Waals surface area contributed by atoms with Crippen molar-refractivity contribution in [2.24, 2.45) is 5.92 Å². The largest absolute Gasteiger partial charge is 0.364 e. The van der Waals surface area contributed by atoms with Crippen molar-refractivity contribution >= 4 is 11.8 Å². The molecule has 0 saturated carbocycles. The standard InChI is InChI=1S/C12H23N5/c1-9(2)6-7-13-11-15-10(8-14-17-11)16-12(3,4)5/h8-9H,6-7H2,1-5H3,(H2,13,15,16,17). The number of hydrogen-bond acceptors (Lipinski definition) is 5. The van der Waals surface area contributed by atoms with E-state index in [0.29, 0.717) is 11.9 Å². The van der Waals surface area contributed by atoms with Gasteiger partial charge >= 0.3 is 0 Å². The lowest BCUT2D eigenvalue weighted by molar-refractivity contribution is 0.605. The van der Waals surface area contributed by atoms with Gasteiger partial charge in [-0.15, -0.1) is 5.10 Å². The highest BCUT2D eigenvalue weighted by Crippen LogP contribution is 2.11. The predicted octanol–water partition coefficient (Wildman–Crippen LogP) is 2.54. The van der Waals surface area contributed by atoms with Crippen LogP contribution in [0.4, 0.5) is 11.8 Å². The van der Waals surface area contributed by atoms with Crippen molar-refractivity contribution in [3.63, 3.8) is 0 Å². The van der Waals surface area contributed by atoms with Crippen LogP contribution < -0.4 is 10.6 Å². The van der Waals surface area contributed by atoms with E-state index >= 15 is 0 Å². The summed E-state index contributed by atoms with van der Waals surface area (Å²) < 4.78 is 0. The van der Waals surface area contributed by atoms with E-state index in [0.717, 1.165) is 18.8 Å². The first-order valence-corrected chi connectivity index (χ1v) is 6.08. The highest BCUT2D eigenvalue weighted by molar-refractivity contribution is 5.38. The molecule has 0 saturated heterocycles. The molecule has 1 heterocycles. The van der Waals surface area contributed by atoms with Gasteiger partial charge in [-0.05, 0) is 33.1 Å². The quantitative estimate of drug-likeness (QED) is 0.824. The number of hydrogen-bond donors (Lipinski definition) is 2. The molecule has 0 atom stereocenters. The Hall–Kier alpha value is -1.39. The molecule has 0 radical (unpaired) electrons. The summed E-state index contributed by atoms with van der Waals surface area (Å²) in [7, 11) is 0. The van der Waals surface area contributed by atoms with Crippen molar-refractivity contribution in [2.75, 3.05) is 17.2 Å². The molecule has 5 nitrogen and oxygen atoms in total. The fraction of sp³-hybridized carbons (Fsp3) is 0.750. The van der Waals surface area contributed by atoms with Gasteiger partial charge in [-0.3, -0.25) is 0 Å². The van der Waals surface area contributed by atoms with Crippen LogP contribution in [0.2, 0.25) is 0 Å². The van der Waals surface area contributed by atoms with Gasteiger partial charge in [-0.2, -0.15) is 10.1 Å². The first-order valence-electron chi connectivity index (χ1n) is 6.08. The predicted molar refractivity (Wildman–Crippen MR) is 71.1 cm³/mol. The zero-order chi connectivity index (χ0) is 12.9. The van der Waals surface area contributed by atoms with Crippen molar-refractivity contribution in [1.82, 2.24) is 15.2 Å². The van der Waals surface area contributed by atoms with Crippen molar-refractivity contribution in [1.29, 1.82) is 0 Å². The second-order valence-electron chi connectivity index (χ2n) is 5.65. The van der Waals surface area contributed by atoms with Gasteiger partial charge in [0.1, 0.15) is 0 Å². The van der Waals surface area contributed by atoms with Gasteiger partial charge in [0.25, 0.3) is 0 Å². The molecular formula is C12H23N5. The van der Waals surface area contributed by atoms with Crippen LogP contribution in [-0.4, -0.2) is 27.3 Å². The molecular weight excluding hydrogens is 214 g/mol. The highest BCUT2D eigenvalue weighted by Gasteiger charge is 2.10. The molecule has 1 aromatic rings. The Kier molecular flexibility index (Phi) is 4.66. The summed E-state index contributed by atoms with van der Waals surface area (Å²) >= 11 is 0. The third-order valence-corrected chi connectivity index (χ3v) is 2.07. The summed E-state index contributed by atoms with van der Waals surface area (Å²) in [5, 5.41) is 14.3. The van der Waals surface area contributed by atoms with Crippen LogP contribution in [0, 0.1) is 5.92 Å². The molecule has 0 aromatic carbocycles. The Balaban J connectivity index is 2.54. The topological polar surface area (TPSA) is 62.7 Å². The number of rotatable bonds is 5. The molecule has 1 rings (SSSR count). The highest BCUT2D eigenvalue weighted by atomic mass is 15.3. The summed E-state index contributed by atoms with van der Waals surface area (Å²) in [6.07, 6.45) is 2.74. The molecule has 0 amide bonds. The van der Waals surface area contributed by atoms with Gasteiger partial charge < -0.3 is 10.6 Å². The molecule has 5 heteroatoms. The van der Waals surface area contributed by atoms with E-state index in [2.05, 4.69) is 60.4 Å². The first-order chi connectivity index (χ1) is 7.87. The van der Waals surface area contributed by atoms with Gasteiger partial charge in [-0.1, -0.05) is 13.8 Å². The minimum atomic E-state index is -0.0226. The maximum atomic E-state index is 4.36. The number of anilines is 2. The van der Waals surface area contributed by atoms with Gasteiger partial charge in [0.05, 0.1) is 6.20 Å². The molecule has 1 aromatic heterocycles. The van der Waals surface area contributed by atoms with Crippen LogP contribution in [0.3, 0.4) is 0 Å². The first kappa shape index (κ1) is 13.7. The van der Waals surface area contributed by atoms with Crippen LogP contribution in [0.25, 0.3) is 0 Å². The second kappa shape index (κ2) is 5.80. The fourth-order valence-electron chi connectivity index (χ4n) is 1.30. The molecule has 2 N–H and O–H groups in total. The van der Waals surface area contributed by atoms with Gasteiger partial charge in [0, 0.05) is 12.1 Å².